The molecule has 0 spiro atoms. The molecular weight excluding hydrogens is 234 g/mol. The number of rotatable bonds is 4. The number of ether oxygens (including phenoxy) is 1. The Hall–Kier alpha value is -0.730. The standard InChI is InChI=1S/C14H20ClNO/c1-16(11-13-6-8-17-9-7-13)14-4-2-12(10-15)3-5-14/h2-5,13H,6-11H2,1H3. The zero-order valence-electron chi connectivity index (χ0n) is 10.4. The van der Waals surface area contributed by atoms with E-state index in [1.165, 1.54) is 24.1 Å². The SMILES string of the molecule is CN(CC1CCOCC1)c1ccc(CCl)cc1. The molecule has 2 rings (SSSR count). The lowest BCUT2D eigenvalue weighted by atomic mass is 9.99. The zero-order valence-corrected chi connectivity index (χ0v) is 11.1. The number of anilines is 1. The minimum atomic E-state index is 0.587. The third kappa shape index (κ3) is 3.62. The number of benzene rings is 1. The van der Waals surface area contributed by atoms with E-state index in [2.05, 4.69) is 36.2 Å². The molecule has 1 aromatic rings. The van der Waals surface area contributed by atoms with Crippen molar-refractivity contribution in [2.75, 3.05) is 31.7 Å². The molecule has 17 heavy (non-hydrogen) atoms. The molecule has 0 N–H and O–H groups in total. The van der Waals surface area contributed by atoms with Crippen LogP contribution in [-0.2, 0) is 10.6 Å². The molecule has 0 aliphatic carbocycles. The van der Waals surface area contributed by atoms with Crippen LogP contribution in [0, 0.1) is 5.92 Å². The second kappa shape index (κ2) is 6.27. The highest BCUT2D eigenvalue weighted by Gasteiger charge is 2.15. The van der Waals surface area contributed by atoms with E-state index in [0.717, 1.165) is 25.7 Å². The van der Waals surface area contributed by atoms with E-state index < -0.39 is 0 Å². The molecule has 0 atom stereocenters. The summed E-state index contributed by atoms with van der Waals surface area (Å²) >= 11 is 5.79. The van der Waals surface area contributed by atoms with E-state index in [0.29, 0.717) is 5.88 Å². The highest BCUT2D eigenvalue weighted by molar-refractivity contribution is 6.17. The summed E-state index contributed by atoms with van der Waals surface area (Å²) in [7, 11) is 2.16. The van der Waals surface area contributed by atoms with Crippen molar-refractivity contribution in [2.45, 2.75) is 18.7 Å². The number of hydrogen-bond donors (Lipinski definition) is 0. The van der Waals surface area contributed by atoms with Crippen molar-refractivity contribution in [3.8, 4) is 0 Å². The maximum atomic E-state index is 5.79. The Morgan fingerprint density at radius 1 is 1.24 bits per heavy atom. The lowest BCUT2D eigenvalue weighted by Crippen LogP contribution is -2.29. The summed E-state index contributed by atoms with van der Waals surface area (Å²) in [5.74, 6) is 1.35. The number of alkyl halides is 1. The van der Waals surface area contributed by atoms with Gasteiger partial charge in [-0.05, 0) is 36.5 Å². The van der Waals surface area contributed by atoms with Gasteiger partial charge in [0.25, 0.3) is 0 Å². The summed E-state index contributed by atoms with van der Waals surface area (Å²) < 4.78 is 5.38. The van der Waals surface area contributed by atoms with E-state index >= 15 is 0 Å². The molecule has 94 valence electrons. The Balaban J connectivity index is 1.91. The fourth-order valence-corrected chi connectivity index (χ4v) is 2.44. The monoisotopic (exact) mass is 253 g/mol. The van der Waals surface area contributed by atoms with Crippen molar-refractivity contribution >= 4 is 17.3 Å². The van der Waals surface area contributed by atoms with Gasteiger partial charge in [0.15, 0.2) is 0 Å². The number of nitrogens with zero attached hydrogens (tertiary/aromatic N) is 1. The molecule has 1 aliphatic rings. The van der Waals surface area contributed by atoms with Gasteiger partial charge in [0, 0.05) is 38.4 Å². The van der Waals surface area contributed by atoms with Crippen LogP contribution in [-0.4, -0.2) is 26.8 Å². The molecule has 1 heterocycles. The van der Waals surface area contributed by atoms with Gasteiger partial charge in [-0.15, -0.1) is 11.6 Å². The second-order valence-corrected chi connectivity index (χ2v) is 5.00. The first-order valence-electron chi connectivity index (χ1n) is 6.23. The average Bonchev–Trinajstić information content (AvgIpc) is 2.40. The summed E-state index contributed by atoms with van der Waals surface area (Å²) in [4.78, 5) is 2.33. The molecular formula is C14H20ClNO. The van der Waals surface area contributed by atoms with Crippen molar-refractivity contribution in [3.63, 3.8) is 0 Å². The van der Waals surface area contributed by atoms with E-state index in [-0.39, 0.29) is 0 Å². The molecule has 1 aromatic carbocycles. The van der Waals surface area contributed by atoms with Crippen LogP contribution >= 0.6 is 11.6 Å². The minimum absolute atomic E-state index is 0.587. The highest BCUT2D eigenvalue weighted by atomic mass is 35.5. The molecule has 0 saturated carbocycles. The van der Waals surface area contributed by atoms with Crippen LogP contribution in [0.15, 0.2) is 24.3 Å². The van der Waals surface area contributed by atoms with Gasteiger partial charge < -0.3 is 9.64 Å². The van der Waals surface area contributed by atoms with Crippen LogP contribution < -0.4 is 4.90 Å². The van der Waals surface area contributed by atoms with Crippen LogP contribution in [0.3, 0.4) is 0 Å². The van der Waals surface area contributed by atoms with Crippen LogP contribution in [0.5, 0.6) is 0 Å². The predicted octanol–water partition coefficient (Wildman–Crippen LogP) is 3.29. The van der Waals surface area contributed by atoms with Gasteiger partial charge in [-0.25, -0.2) is 0 Å². The summed E-state index contributed by atoms with van der Waals surface area (Å²) in [5, 5.41) is 0. The van der Waals surface area contributed by atoms with E-state index in [4.69, 9.17) is 16.3 Å². The summed E-state index contributed by atoms with van der Waals surface area (Å²) in [6.45, 7) is 2.96. The van der Waals surface area contributed by atoms with Gasteiger partial charge in [-0.2, -0.15) is 0 Å². The molecule has 2 nitrogen and oxygen atoms in total. The molecule has 0 bridgehead atoms. The van der Waals surface area contributed by atoms with E-state index in [1.54, 1.807) is 0 Å². The van der Waals surface area contributed by atoms with Crippen LogP contribution in [0.25, 0.3) is 0 Å². The largest absolute Gasteiger partial charge is 0.381 e. The first-order valence-corrected chi connectivity index (χ1v) is 6.77. The van der Waals surface area contributed by atoms with Crippen molar-refractivity contribution in [1.29, 1.82) is 0 Å². The van der Waals surface area contributed by atoms with Crippen molar-refractivity contribution in [1.82, 2.24) is 0 Å². The Bertz CT molecular complexity index is 333. The molecule has 1 fully saturated rings. The second-order valence-electron chi connectivity index (χ2n) is 4.74. The summed E-state index contributed by atoms with van der Waals surface area (Å²) in [6, 6.07) is 8.50. The number of hydrogen-bond acceptors (Lipinski definition) is 2. The average molecular weight is 254 g/mol. The fraction of sp³-hybridized carbons (Fsp3) is 0.571. The van der Waals surface area contributed by atoms with Crippen LogP contribution in [0.2, 0.25) is 0 Å². The molecule has 1 saturated heterocycles. The van der Waals surface area contributed by atoms with Gasteiger partial charge in [0.1, 0.15) is 0 Å². The Labute approximate surface area is 109 Å². The summed E-state index contributed by atoms with van der Waals surface area (Å²) in [6.07, 6.45) is 2.37. The minimum Gasteiger partial charge on any atom is -0.381 e. The normalized spacial score (nSPS) is 17.1. The first-order chi connectivity index (χ1) is 8.29. The van der Waals surface area contributed by atoms with Crippen molar-refractivity contribution < 1.29 is 4.74 Å². The molecule has 0 radical (unpaired) electrons. The van der Waals surface area contributed by atoms with E-state index in [9.17, 15) is 0 Å². The molecule has 0 unspecified atom stereocenters. The van der Waals surface area contributed by atoms with Gasteiger partial charge in [-0.3, -0.25) is 0 Å². The van der Waals surface area contributed by atoms with Crippen molar-refractivity contribution in [2.24, 2.45) is 5.92 Å². The van der Waals surface area contributed by atoms with Crippen LogP contribution in [0.1, 0.15) is 18.4 Å². The Kier molecular flexibility index (Phi) is 4.69. The summed E-state index contributed by atoms with van der Waals surface area (Å²) in [5.41, 5.74) is 2.44. The predicted molar refractivity (Wildman–Crippen MR) is 72.8 cm³/mol. The molecule has 3 heteroatoms. The van der Waals surface area contributed by atoms with Gasteiger partial charge >= 0.3 is 0 Å². The van der Waals surface area contributed by atoms with Crippen LogP contribution in [0.4, 0.5) is 5.69 Å². The van der Waals surface area contributed by atoms with Gasteiger partial charge in [-0.1, -0.05) is 12.1 Å². The fourth-order valence-electron chi connectivity index (χ4n) is 2.26. The first kappa shape index (κ1) is 12.7. The quantitative estimate of drug-likeness (QED) is 0.764. The van der Waals surface area contributed by atoms with Gasteiger partial charge in [0.2, 0.25) is 0 Å². The third-order valence-electron chi connectivity index (χ3n) is 3.40. The highest BCUT2D eigenvalue weighted by Crippen LogP contribution is 2.20. The third-order valence-corrected chi connectivity index (χ3v) is 3.71. The van der Waals surface area contributed by atoms with Gasteiger partial charge in [0.05, 0.1) is 0 Å². The smallest absolute Gasteiger partial charge is 0.0474 e. The molecule has 0 amide bonds. The number of halogens is 1. The Morgan fingerprint density at radius 3 is 2.47 bits per heavy atom. The molecule has 0 aromatic heterocycles. The Morgan fingerprint density at radius 2 is 1.88 bits per heavy atom. The lowest BCUT2D eigenvalue weighted by molar-refractivity contribution is 0.0685. The van der Waals surface area contributed by atoms with Crippen molar-refractivity contribution in [3.05, 3.63) is 29.8 Å². The maximum absolute atomic E-state index is 5.79. The maximum Gasteiger partial charge on any atom is 0.0474 e. The molecule has 1 aliphatic heterocycles. The topological polar surface area (TPSA) is 12.5 Å². The lowest BCUT2D eigenvalue weighted by Gasteiger charge is -2.28. The zero-order chi connectivity index (χ0) is 12.1. The van der Waals surface area contributed by atoms with E-state index in [1.807, 2.05) is 0 Å².